The topological polar surface area (TPSA) is 108 Å². The van der Waals surface area contributed by atoms with Gasteiger partial charge in [-0.1, -0.05) is 18.2 Å². The molecule has 1 saturated heterocycles. The van der Waals surface area contributed by atoms with Gasteiger partial charge in [0.15, 0.2) is 0 Å². The van der Waals surface area contributed by atoms with E-state index in [1.807, 2.05) is 25.2 Å². The molecule has 0 unspecified atom stereocenters. The van der Waals surface area contributed by atoms with E-state index in [4.69, 9.17) is 21.3 Å². The Morgan fingerprint density at radius 1 is 1.16 bits per heavy atom. The van der Waals surface area contributed by atoms with E-state index in [0.29, 0.717) is 39.7 Å². The van der Waals surface area contributed by atoms with E-state index in [2.05, 4.69) is 49.0 Å². The summed E-state index contributed by atoms with van der Waals surface area (Å²) in [6.07, 6.45) is 9.65. The van der Waals surface area contributed by atoms with Crippen molar-refractivity contribution in [3.63, 3.8) is 0 Å². The number of hydrogen-bond donors (Lipinski definition) is 2. The summed E-state index contributed by atoms with van der Waals surface area (Å²) in [5, 5.41) is 7.46. The number of halogens is 1. The van der Waals surface area contributed by atoms with Crippen LogP contribution in [0, 0.1) is 0 Å². The van der Waals surface area contributed by atoms with E-state index in [1.54, 1.807) is 38.1 Å². The SMILES string of the molecule is C=CC(=O)Nc1cc(Nc2ncc3cncc(-c4cncc(Cl)c4)c3n2)c(OC)cc1N(C)C1CN(C)C1. The molecule has 0 aliphatic carbocycles. The van der Waals surface area contributed by atoms with E-state index >= 15 is 0 Å². The molecule has 11 heteroatoms. The van der Waals surface area contributed by atoms with Gasteiger partial charge in [0.05, 0.1) is 40.8 Å². The van der Waals surface area contributed by atoms with Gasteiger partial charge in [-0.15, -0.1) is 0 Å². The summed E-state index contributed by atoms with van der Waals surface area (Å²) >= 11 is 6.17. The van der Waals surface area contributed by atoms with Gasteiger partial charge in [-0.25, -0.2) is 9.97 Å². The minimum absolute atomic E-state index is 0.310. The molecule has 38 heavy (non-hydrogen) atoms. The van der Waals surface area contributed by atoms with Crippen LogP contribution in [0.15, 0.2) is 61.8 Å². The Labute approximate surface area is 225 Å². The molecule has 194 valence electrons. The second kappa shape index (κ2) is 10.6. The average molecular weight is 531 g/mol. The van der Waals surface area contributed by atoms with Crippen LogP contribution in [0.5, 0.6) is 5.75 Å². The number of carbonyl (C=O) groups is 1. The highest BCUT2D eigenvalue weighted by Crippen LogP contribution is 2.39. The van der Waals surface area contributed by atoms with Gasteiger partial charge in [0.1, 0.15) is 5.75 Å². The number of benzene rings is 1. The molecule has 0 radical (unpaired) electrons. The standard InChI is InChI=1S/C27H27ClN8O2/c1-5-25(37)32-21-7-22(24(38-4)8-23(21)36(3)19-14-35(2)15-19)33-27-31-11-17-10-30-13-20(26(17)34-27)16-6-18(28)12-29-9-16/h5-13,19H,1,14-15H2,2-4H3,(H,32,37)(H,31,33,34). The van der Waals surface area contributed by atoms with Gasteiger partial charge in [-0.2, -0.15) is 0 Å². The van der Waals surface area contributed by atoms with Crippen molar-refractivity contribution >= 4 is 51.4 Å². The maximum absolute atomic E-state index is 12.3. The summed E-state index contributed by atoms with van der Waals surface area (Å²) in [4.78, 5) is 34.4. The molecule has 1 amide bonds. The number of aromatic nitrogens is 4. The van der Waals surface area contributed by atoms with Crippen molar-refractivity contribution in [3.05, 3.63) is 66.9 Å². The lowest BCUT2D eigenvalue weighted by Gasteiger charge is -2.43. The molecule has 1 aliphatic heterocycles. The van der Waals surface area contributed by atoms with Gasteiger partial charge in [-0.05, 0) is 25.3 Å². The second-order valence-corrected chi connectivity index (χ2v) is 9.52. The Morgan fingerprint density at radius 3 is 2.66 bits per heavy atom. The highest BCUT2D eigenvalue weighted by molar-refractivity contribution is 6.30. The number of likely N-dealkylation sites (N-methyl/N-ethyl adjacent to an activating group) is 2. The van der Waals surface area contributed by atoms with Gasteiger partial charge < -0.3 is 25.2 Å². The zero-order valence-electron chi connectivity index (χ0n) is 21.3. The van der Waals surface area contributed by atoms with Crippen molar-refractivity contribution in [2.45, 2.75) is 6.04 Å². The maximum Gasteiger partial charge on any atom is 0.247 e. The lowest BCUT2D eigenvalue weighted by molar-refractivity contribution is -0.111. The monoisotopic (exact) mass is 530 g/mol. The van der Waals surface area contributed by atoms with Crippen LogP contribution in [0.2, 0.25) is 5.02 Å². The molecule has 0 saturated carbocycles. The molecular formula is C27H27ClN8O2. The number of anilines is 4. The molecule has 1 aromatic carbocycles. The summed E-state index contributed by atoms with van der Waals surface area (Å²) < 4.78 is 5.72. The molecule has 0 spiro atoms. The zero-order valence-corrected chi connectivity index (χ0v) is 22.0. The van der Waals surface area contributed by atoms with Crippen LogP contribution in [0.1, 0.15) is 0 Å². The van der Waals surface area contributed by atoms with Crippen LogP contribution >= 0.6 is 11.6 Å². The summed E-state index contributed by atoms with van der Waals surface area (Å²) in [5.74, 6) is 0.616. The number of carbonyl (C=O) groups excluding carboxylic acids is 1. The van der Waals surface area contributed by atoms with Gasteiger partial charge in [0.25, 0.3) is 0 Å². The van der Waals surface area contributed by atoms with Crippen molar-refractivity contribution in [1.29, 1.82) is 0 Å². The first-order valence-electron chi connectivity index (χ1n) is 11.9. The molecule has 0 atom stereocenters. The van der Waals surface area contributed by atoms with Crippen LogP contribution in [0.4, 0.5) is 23.0 Å². The Morgan fingerprint density at radius 2 is 1.95 bits per heavy atom. The highest BCUT2D eigenvalue weighted by Gasteiger charge is 2.29. The molecule has 10 nitrogen and oxygen atoms in total. The van der Waals surface area contributed by atoms with E-state index < -0.39 is 0 Å². The van der Waals surface area contributed by atoms with Crippen molar-refractivity contribution in [3.8, 4) is 16.9 Å². The third kappa shape index (κ3) is 5.09. The number of nitrogens with one attached hydrogen (secondary N) is 2. The van der Waals surface area contributed by atoms with Crippen LogP contribution in [0.25, 0.3) is 22.0 Å². The lowest BCUT2D eigenvalue weighted by atomic mass is 10.1. The summed E-state index contributed by atoms with van der Waals surface area (Å²) in [6, 6.07) is 5.84. The number of ether oxygens (including phenoxy) is 1. The highest BCUT2D eigenvalue weighted by atomic mass is 35.5. The number of likely N-dealkylation sites (tertiary alicyclic amines) is 1. The predicted molar refractivity (Wildman–Crippen MR) is 150 cm³/mol. The van der Waals surface area contributed by atoms with E-state index in [1.165, 1.54) is 6.08 Å². The molecule has 1 fully saturated rings. The van der Waals surface area contributed by atoms with Crippen LogP contribution in [-0.4, -0.2) is 71.1 Å². The largest absolute Gasteiger partial charge is 0.494 e. The van der Waals surface area contributed by atoms with Gasteiger partial charge in [0.2, 0.25) is 11.9 Å². The molecule has 5 rings (SSSR count). The number of amides is 1. The average Bonchev–Trinajstić information content (AvgIpc) is 2.90. The third-order valence-corrected chi connectivity index (χ3v) is 6.69. The molecule has 0 bridgehead atoms. The molecule has 3 aromatic heterocycles. The fourth-order valence-electron chi connectivity index (χ4n) is 4.42. The van der Waals surface area contributed by atoms with Crippen molar-refractivity contribution in [1.82, 2.24) is 24.8 Å². The summed E-state index contributed by atoms with van der Waals surface area (Å²) in [6.45, 7) is 5.44. The predicted octanol–water partition coefficient (Wildman–Crippen LogP) is 4.37. The van der Waals surface area contributed by atoms with Gasteiger partial charge in [-0.3, -0.25) is 14.8 Å². The molecule has 4 heterocycles. The quantitative estimate of drug-likeness (QED) is 0.321. The smallest absolute Gasteiger partial charge is 0.247 e. The van der Waals surface area contributed by atoms with E-state index in [0.717, 1.165) is 35.3 Å². The normalized spacial score (nSPS) is 13.6. The number of rotatable bonds is 8. The first kappa shape index (κ1) is 25.4. The fourth-order valence-corrected chi connectivity index (χ4v) is 4.60. The lowest BCUT2D eigenvalue weighted by Crippen LogP contribution is -2.56. The maximum atomic E-state index is 12.3. The molecule has 1 aliphatic rings. The number of methoxy groups -OCH3 is 1. The van der Waals surface area contributed by atoms with E-state index in [-0.39, 0.29) is 5.91 Å². The first-order valence-corrected chi connectivity index (χ1v) is 12.3. The van der Waals surface area contributed by atoms with Gasteiger partial charge in [0, 0.05) is 73.7 Å². The molecule has 4 aromatic rings. The minimum Gasteiger partial charge on any atom is -0.494 e. The third-order valence-electron chi connectivity index (χ3n) is 6.49. The van der Waals surface area contributed by atoms with Crippen LogP contribution < -0.4 is 20.3 Å². The fraction of sp³-hybridized carbons (Fsp3) is 0.222. The number of nitrogens with zero attached hydrogens (tertiary/aromatic N) is 6. The summed E-state index contributed by atoms with van der Waals surface area (Å²) in [5.41, 5.74) is 4.30. The number of pyridine rings is 2. The first-order chi connectivity index (χ1) is 18.4. The van der Waals surface area contributed by atoms with Crippen molar-refractivity contribution in [2.24, 2.45) is 0 Å². The van der Waals surface area contributed by atoms with Gasteiger partial charge >= 0.3 is 0 Å². The van der Waals surface area contributed by atoms with Crippen molar-refractivity contribution in [2.75, 3.05) is 49.8 Å². The zero-order chi connectivity index (χ0) is 26.8. The Balaban J connectivity index is 1.54. The molecular weight excluding hydrogens is 504 g/mol. The summed E-state index contributed by atoms with van der Waals surface area (Å²) in [7, 11) is 5.68. The number of hydrogen-bond acceptors (Lipinski definition) is 9. The Bertz CT molecular complexity index is 1520. The van der Waals surface area contributed by atoms with Crippen molar-refractivity contribution < 1.29 is 9.53 Å². The number of fused-ring (bicyclic) bond motifs is 1. The molecule has 2 N–H and O–H groups in total. The second-order valence-electron chi connectivity index (χ2n) is 9.08. The Kier molecular flexibility index (Phi) is 7.08. The van der Waals surface area contributed by atoms with Crippen LogP contribution in [0.3, 0.4) is 0 Å². The van der Waals surface area contributed by atoms with Crippen LogP contribution in [-0.2, 0) is 4.79 Å². The Hall–Kier alpha value is -4.28. The van der Waals surface area contributed by atoms with E-state index in [9.17, 15) is 4.79 Å². The minimum atomic E-state index is -0.310.